The summed E-state index contributed by atoms with van der Waals surface area (Å²) in [6, 6.07) is 10.1. The molecule has 0 aliphatic heterocycles. The number of carbonyl (C=O) groups is 3. The van der Waals surface area contributed by atoms with Crippen LogP contribution in [0.4, 0.5) is 17.1 Å². The van der Waals surface area contributed by atoms with Crippen LogP contribution in [-0.2, 0) is 9.59 Å². The van der Waals surface area contributed by atoms with E-state index in [1.54, 1.807) is 18.2 Å². The predicted molar refractivity (Wildman–Crippen MR) is 91.5 cm³/mol. The third-order valence-electron chi connectivity index (χ3n) is 3.25. The lowest BCUT2D eigenvalue weighted by atomic mass is 10.1. The molecule has 0 atom stereocenters. The van der Waals surface area contributed by atoms with Crippen LogP contribution >= 0.6 is 0 Å². The Morgan fingerprint density at radius 1 is 1.04 bits per heavy atom. The van der Waals surface area contributed by atoms with Gasteiger partial charge in [-0.15, -0.1) is 0 Å². The van der Waals surface area contributed by atoms with Crippen molar-refractivity contribution in [1.82, 2.24) is 0 Å². The van der Waals surface area contributed by atoms with Gasteiger partial charge in [0.2, 0.25) is 5.91 Å². The number of aryl methyl sites for hydroxylation is 1. The van der Waals surface area contributed by atoms with E-state index in [0.29, 0.717) is 5.69 Å². The molecule has 8 heteroatoms. The molecule has 0 spiro atoms. The monoisotopic (exact) mass is 341 g/mol. The molecule has 2 aromatic rings. The van der Waals surface area contributed by atoms with Crippen molar-refractivity contribution in [2.75, 3.05) is 10.6 Å². The third-order valence-corrected chi connectivity index (χ3v) is 3.25. The molecule has 128 valence electrons. The van der Waals surface area contributed by atoms with Gasteiger partial charge in [0.1, 0.15) is 0 Å². The highest BCUT2D eigenvalue weighted by atomic mass is 16.6. The number of anilines is 2. The maximum absolute atomic E-state index is 12.4. The van der Waals surface area contributed by atoms with Crippen LogP contribution in [0.5, 0.6) is 0 Å². The lowest BCUT2D eigenvalue weighted by Gasteiger charge is -2.10. The molecule has 0 saturated carbocycles. The van der Waals surface area contributed by atoms with Gasteiger partial charge in [-0.25, -0.2) is 0 Å². The first-order chi connectivity index (χ1) is 11.8. The van der Waals surface area contributed by atoms with Crippen molar-refractivity contribution >= 4 is 34.7 Å². The third kappa shape index (κ3) is 4.47. The van der Waals surface area contributed by atoms with Gasteiger partial charge in [0.25, 0.3) is 17.4 Å². The van der Waals surface area contributed by atoms with Crippen molar-refractivity contribution < 1.29 is 19.3 Å². The maximum Gasteiger partial charge on any atom is 0.296 e. The first-order valence-electron chi connectivity index (χ1n) is 7.26. The van der Waals surface area contributed by atoms with Crippen LogP contribution in [0.2, 0.25) is 0 Å². The average molecular weight is 341 g/mol. The molecule has 0 fully saturated rings. The van der Waals surface area contributed by atoms with E-state index in [0.717, 1.165) is 17.7 Å². The SMILES string of the molecule is CC(=O)Nc1ccc([N+](=O)[O-])cc1C(=O)C(=O)Nc1cccc(C)c1. The highest BCUT2D eigenvalue weighted by Gasteiger charge is 2.23. The van der Waals surface area contributed by atoms with E-state index in [1.807, 2.05) is 13.0 Å². The van der Waals surface area contributed by atoms with Crippen molar-refractivity contribution in [3.63, 3.8) is 0 Å². The lowest BCUT2D eigenvalue weighted by Crippen LogP contribution is -2.24. The van der Waals surface area contributed by atoms with Gasteiger partial charge in [-0.1, -0.05) is 12.1 Å². The fourth-order valence-electron chi connectivity index (χ4n) is 2.17. The van der Waals surface area contributed by atoms with Gasteiger partial charge in [-0.2, -0.15) is 0 Å². The number of rotatable bonds is 5. The minimum atomic E-state index is -0.992. The molecule has 0 radical (unpaired) electrons. The Morgan fingerprint density at radius 2 is 1.76 bits per heavy atom. The topological polar surface area (TPSA) is 118 Å². The Labute approximate surface area is 143 Å². The average Bonchev–Trinajstić information content (AvgIpc) is 2.53. The van der Waals surface area contributed by atoms with Crippen molar-refractivity contribution in [2.45, 2.75) is 13.8 Å². The largest absolute Gasteiger partial charge is 0.326 e. The minimum Gasteiger partial charge on any atom is -0.326 e. The number of Topliss-reactive ketones (excluding diaryl/α,β-unsaturated/α-hetero) is 1. The van der Waals surface area contributed by atoms with Crippen LogP contribution < -0.4 is 10.6 Å². The summed E-state index contributed by atoms with van der Waals surface area (Å²) in [4.78, 5) is 46.1. The number of benzene rings is 2. The first-order valence-corrected chi connectivity index (χ1v) is 7.26. The van der Waals surface area contributed by atoms with Crippen molar-refractivity contribution in [3.05, 3.63) is 63.7 Å². The second-order valence-electron chi connectivity index (χ2n) is 5.32. The summed E-state index contributed by atoms with van der Waals surface area (Å²) in [5.74, 6) is -2.42. The number of hydrogen-bond acceptors (Lipinski definition) is 5. The van der Waals surface area contributed by atoms with Gasteiger partial charge in [-0.3, -0.25) is 24.5 Å². The molecule has 2 amide bonds. The molecular weight excluding hydrogens is 326 g/mol. The van der Waals surface area contributed by atoms with E-state index >= 15 is 0 Å². The smallest absolute Gasteiger partial charge is 0.296 e. The van der Waals surface area contributed by atoms with E-state index in [2.05, 4.69) is 10.6 Å². The van der Waals surface area contributed by atoms with Crippen molar-refractivity contribution in [3.8, 4) is 0 Å². The first kappa shape index (κ1) is 17.8. The van der Waals surface area contributed by atoms with E-state index in [9.17, 15) is 24.5 Å². The molecule has 0 bridgehead atoms. The molecule has 2 aromatic carbocycles. The molecule has 8 nitrogen and oxygen atoms in total. The molecule has 0 aromatic heterocycles. The van der Waals surface area contributed by atoms with Gasteiger partial charge < -0.3 is 10.6 Å². The standard InChI is InChI=1S/C17H15N3O5/c1-10-4-3-5-12(8-10)19-17(23)16(22)14-9-13(20(24)25)6-7-15(14)18-11(2)21/h3-9H,1-2H3,(H,18,21)(H,19,23). The fourth-order valence-corrected chi connectivity index (χ4v) is 2.17. The van der Waals surface area contributed by atoms with Crippen LogP contribution in [0.1, 0.15) is 22.8 Å². The van der Waals surface area contributed by atoms with E-state index in [-0.39, 0.29) is 16.9 Å². The van der Waals surface area contributed by atoms with Crippen molar-refractivity contribution in [1.29, 1.82) is 0 Å². The summed E-state index contributed by atoms with van der Waals surface area (Å²) in [6.45, 7) is 3.05. The number of carbonyl (C=O) groups excluding carboxylic acids is 3. The Bertz CT molecular complexity index is 876. The van der Waals surface area contributed by atoms with E-state index in [1.165, 1.54) is 13.0 Å². The number of ketones is 1. The molecular formula is C17H15N3O5. The molecule has 0 aliphatic rings. The summed E-state index contributed by atoms with van der Waals surface area (Å²) in [6.07, 6.45) is 0. The van der Waals surface area contributed by atoms with Gasteiger partial charge in [0, 0.05) is 24.7 Å². The summed E-state index contributed by atoms with van der Waals surface area (Å²) in [5.41, 5.74) is 0.724. The summed E-state index contributed by atoms with van der Waals surface area (Å²) in [5, 5.41) is 15.7. The molecule has 2 N–H and O–H groups in total. The summed E-state index contributed by atoms with van der Waals surface area (Å²) in [7, 11) is 0. The Hall–Kier alpha value is -3.55. The number of amides is 2. The molecule has 25 heavy (non-hydrogen) atoms. The zero-order valence-corrected chi connectivity index (χ0v) is 13.5. The molecule has 0 unspecified atom stereocenters. The van der Waals surface area contributed by atoms with Gasteiger partial charge in [0.15, 0.2) is 0 Å². The van der Waals surface area contributed by atoms with Crippen LogP contribution in [0, 0.1) is 17.0 Å². The predicted octanol–water partition coefficient (Wildman–Crippen LogP) is 2.68. The molecule has 0 saturated heterocycles. The second kappa shape index (κ2) is 7.35. The Balaban J connectivity index is 2.35. The molecule has 2 rings (SSSR count). The number of nitro groups is 1. The maximum atomic E-state index is 12.4. The zero-order valence-electron chi connectivity index (χ0n) is 13.5. The second-order valence-corrected chi connectivity index (χ2v) is 5.32. The highest BCUT2D eigenvalue weighted by Crippen LogP contribution is 2.23. The zero-order chi connectivity index (χ0) is 18.6. The van der Waals surface area contributed by atoms with Crippen molar-refractivity contribution in [2.24, 2.45) is 0 Å². The Kier molecular flexibility index (Phi) is 5.23. The fraction of sp³-hybridized carbons (Fsp3) is 0.118. The van der Waals surface area contributed by atoms with Crippen LogP contribution in [-0.4, -0.2) is 22.5 Å². The lowest BCUT2D eigenvalue weighted by molar-refractivity contribution is -0.384. The minimum absolute atomic E-state index is 0.0301. The van der Waals surface area contributed by atoms with Crippen LogP contribution in [0.15, 0.2) is 42.5 Å². The quantitative estimate of drug-likeness (QED) is 0.375. The Morgan fingerprint density at radius 3 is 2.36 bits per heavy atom. The van der Waals surface area contributed by atoms with Gasteiger partial charge in [0.05, 0.1) is 16.2 Å². The molecule has 0 heterocycles. The van der Waals surface area contributed by atoms with Gasteiger partial charge in [-0.05, 0) is 30.7 Å². The summed E-state index contributed by atoms with van der Waals surface area (Å²) < 4.78 is 0. The van der Waals surface area contributed by atoms with E-state index < -0.39 is 22.5 Å². The number of non-ortho nitro benzene ring substituents is 1. The highest BCUT2D eigenvalue weighted by molar-refractivity contribution is 6.47. The van der Waals surface area contributed by atoms with Crippen LogP contribution in [0.3, 0.4) is 0 Å². The van der Waals surface area contributed by atoms with Gasteiger partial charge >= 0.3 is 0 Å². The number of nitrogens with zero attached hydrogens (tertiary/aromatic N) is 1. The summed E-state index contributed by atoms with van der Waals surface area (Å²) >= 11 is 0. The number of hydrogen-bond donors (Lipinski definition) is 2. The van der Waals surface area contributed by atoms with Crippen LogP contribution in [0.25, 0.3) is 0 Å². The number of nitro benzene ring substituents is 1. The normalized spacial score (nSPS) is 10.0. The molecule has 0 aliphatic carbocycles. The number of nitrogens with one attached hydrogen (secondary N) is 2. The van der Waals surface area contributed by atoms with E-state index in [4.69, 9.17) is 0 Å².